The van der Waals surface area contributed by atoms with Gasteiger partial charge in [0.1, 0.15) is 5.44 Å². The third-order valence-corrected chi connectivity index (χ3v) is 3.92. The van der Waals surface area contributed by atoms with Crippen LogP contribution in [0.4, 0.5) is 13.2 Å². The molecule has 0 bridgehead atoms. The maximum absolute atomic E-state index is 12.3. The van der Waals surface area contributed by atoms with Gasteiger partial charge in [-0.1, -0.05) is 0 Å². The lowest BCUT2D eigenvalue weighted by Crippen LogP contribution is -2.34. The molecular weight excluding hydrogens is 283 g/mol. The van der Waals surface area contributed by atoms with Crippen molar-refractivity contribution in [2.45, 2.75) is 29.6 Å². The predicted octanol–water partition coefficient (Wildman–Crippen LogP) is 2.77. The zero-order valence-electron chi connectivity index (χ0n) is 9.62. The van der Waals surface area contributed by atoms with Crippen molar-refractivity contribution >= 4 is 17.5 Å². The highest BCUT2D eigenvalue weighted by Gasteiger charge is 2.50. The Balaban J connectivity index is 1.84. The fourth-order valence-electron chi connectivity index (χ4n) is 2.42. The summed E-state index contributed by atoms with van der Waals surface area (Å²) >= 11 is -0.232. The van der Waals surface area contributed by atoms with Gasteiger partial charge in [-0.25, -0.2) is 0 Å². The minimum Gasteiger partial charge on any atom is -0.358 e. The van der Waals surface area contributed by atoms with Crippen LogP contribution in [0.25, 0.3) is 0 Å². The molecule has 8 heteroatoms. The minimum atomic E-state index is -4.37. The maximum Gasteiger partial charge on any atom is 0.444 e. The molecular formula is C11H10F3NO3S. The van der Waals surface area contributed by atoms with E-state index in [1.54, 1.807) is 12.3 Å². The van der Waals surface area contributed by atoms with Gasteiger partial charge in [0.2, 0.25) is 0 Å². The number of ketones is 1. The van der Waals surface area contributed by atoms with E-state index in [2.05, 4.69) is 4.98 Å². The lowest BCUT2D eigenvalue weighted by Gasteiger charge is -2.31. The Morgan fingerprint density at radius 3 is 3.00 bits per heavy atom. The van der Waals surface area contributed by atoms with Gasteiger partial charge < -0.3 is 14.5 Å². The highest BCUT2D eigenvalue weighted by molar-refractivity contribution is 8.00. The molecule has 1 aromatic rings. The first-order valence-corrected chi connectivity index (χ1v) is 6.55. The van der Waals surface area contributed by atoms with Crippen LogP contribution in [-0.4, -0.2) is 28.3 Å². The molecule has 0 aromatic carbocycles. The number of aromatic amines is 1. The molecule has 2 heterocycles. The zero-order valence-corrected chi connectivity index (χ0v) is 10.4. The van der Waals surface area contributed by atoms with E-state index in [1.165, 1.54) is 0 Å². The van der Waals surface area contributed by atoms with Gasteiger partial charge >= 0.3 is 5.51 Å². The lowest BCUT2D eigenvalue weighted by atomic mass is 9.91. The zero-order chi connectivity index (χ0) is 13.7. The van der Waals surface area contributed by atoms with Gasteiger partial charge in [0.25, 0.3) is 0 Å². The summed E-state index contributed by atoms with van der Waals surface area (Å²) in [6.07, 6.45) is 2.00. The molecule has 0 radical (unpaired) electrons. The van der Waals surface area contributed by atoms with E-state index in [0.717, 1.165) is 0 Å². The second kappa shape index (κ2) is 4.26. The number of ether oxygens (including phenoxy) is 2. The molecule has 1 aliphatic heterocycles. The Hall–Kier alpha value is -0.990. The first-order valence-electron chi connectivity index (χ1n) is 5.67. The van der Waals surface area contributed by atoms with Crippen LogP contribution in [-0.2, 0) is 15.3 Å². The van der Waals surface area contributed by atoms with Crippen LogP contribution in [0.2, 0.25) is 0 Å². The molecule has 1 N–H and O–H groups in total. The van der Waals surface area contributed by atoms with Crippen molar-refractivity contribution in [3.8, 4) is 0 Å². The van der Waals surface area contributed by atoms with Crippen molar-refractivity contribution in [3.63, 3.8) is 0 Å². The van der Waals surface area contributed by atoms with E-state index < -0.39 is 16.7 Å². The van der Waals surface area contributed by atoms with Gasteiger partial charge in [-0.3, -0.25) is 4.79 Å². The average molecular weight is 293 g/mol. The van der Waals surface area contributed by atoms with Crippen LogP contribution in [0.15, 0.2) is 12.3 Å². The number of hydrogen-bond acceptors (Lipinski definition) is 4. The van der Waals surface area contributed by atoms with Crippen LogP contribution < -0.4 is 0 Å². The van der Waals surface area contributed by atoms with Gasteiger partial charge in [-0.05, 0) is 17.8 Å². The monoisotopic (exact) mass is 293 g/mol. The van der Waals surface area contributed by atoms with Crippen LogP contribution in [0, 0.1) is 0 Å². The van der Waals surface area contributed by atoms with Crippen molar-refractivity contribution in [1.29, 1.82) is 0 Å². The molecule has 0 amide bonds. The third kappa shape index (κ3) is 2.28. The highest BCUT2D eigenvalue weighted by Crippen LogP contribution is 2.48. The Kier molecular flexibility index (Phi) is 2.91. The number of fused-ring (bicyclic) bond motifs is 2. The number of carbonyl (C=O) groups excluding carboxylic acids is 1. The molecule has 2 atom stereocenters. The molecule has 2 aliphatic rings. The fourth-order valence-corrected chi connectivity index (χ4v) is 3.06. The normalized spacial score (nSPS) is 30.9. The highest BCUT2D eigenvalue weighted by atomic mass is 32.2. The number of halogens is 3. The standard InChI is InChI=1S/C11H10F3NO3S/c12-11(13,14)19-8-5-17-10(18-8)3-1-7(16)9-6(10)2-4-15-9/h2,4,8,15H,1,3,5H2. The molecule has 1 aromatic heterocycles. The van der Waals surface area contributed by atoms with Crippen molar-refractivity contribution < 1.29 is 27.4 Å². The SMILES string of the molecule is O=C1CCC2(OCC(SC(F)(F)F)O2)c2cc[nH]c21. The fraction of sp³-hybridized carbons (Fsp3) is 0.545. The molecule has 104 valence electrons. The molecule has 0 saturated carbocycles. The van der Waals surface area contributed by atoms with Gasteiger partial charge in [0.15, 0.2) is 11.6 Å². The maximum atomic E-state index is 12.3. The Bertz CT molecular complexity index is 516. The summed E-state index contributed by atoms with van der Waals surface area (Å²) in [5.41, 5.74) is -4.61. The van der Waals surface area contributed by atoms with E-state index in [0.29, 0.717) is 11.3 Å². The molecule has 2 unspecified atom stereocenters. The number of aromatic nitrogens is 1. The van der Waals surface area contributed by atoms with E-state index in [1.807, 2.05) is 0 Å². The summed E-state index contributed by atoms with van der Waals surface area (Å²) in [7, 11) is 0. The summed E-state index contributed by atoms with van der Waals surface area (Å²) in [6.45, 7) is -0.150. The van der Waals surface area contributed by atoms with Gasteiger partial charge in [0, 0.05) is 24.6 Å². The molecule has 1 aliphatic carbocycles. The second-order valence-electron chi connectivity index (χ2n) is 4.36. The van der Waals surface area contributed by atoms with Crippen molar-refractivity contribution in [2.75, 3.05) is 6.61 Å². The molecule has 4 nitrogen and oxygen atoms in total. The summed E-state index contributed by atoms with van der Waals surface area (Å²) in [4.78, 5) is 14.5. The van der Waals surface area contributed by atoms with E-state index in [4.69, 9.17) is 9.47 Å². The number of carbonyl (C=O) groups is 1. The van der Waals surface area contributed by atoms with Gasteiger partial charge in [-0.2, -0.15) is 13.2 Å². The van der Waals surface area contributed by atoms with Gasteiger partial charge in [0.05, 0.1) is 12.3 Å². The predicted molar refractivity (Wildman–Crippen MR) is 60.5 cm³/mol. The number of rotatable bonds is 1. The Morgan fingerprint density at radius 1 is 1.47 bits per heavy atom. The van der Waals surface area contributed by atoms with E-state index in [9.17, 15) is 18.0 Å². The number of thioether (sulfide) groups is 1. The van der Waals surface area contributed by atoms with Crippen LogP contribution >= 0.6 is 11.8 Å². The van der Waals surface area contributed by atoms with Crippen LogP contribution in [0.3, 0.4) is 0 Å². The smallest absolute Gasteiger partial charge is 0.358 e. The summed E-state index contributed by atoms with van der Waals surface area (Å²) in [6, 6.07) is 1.62. The minimum absolute atomic E-state index is 0.0789. The molecule has 1 saturated heterocycles. The van der Waals surface area contributed by atoms with Gasteiger partial charge in [-0.15, -0.1) is 0 Å². The Morgan fingerprint density at radius 2 is 2.26 bits per heavy atom. The summed E-state index contributed by atoms with van der Waals surface area (Å²) in [5, 5.41) is 0. The van der Waals surface area contributed by atoms with E-state index in [-0.39, 0.29) is 37.0 Å². The average Bonchev–Trinajstić information content (AvgIpc) is 2.90. The number of alkyl halides is 3. The van der Waals surface area contributed by atoms with Crippen LogP contribution in [0.1, 0.15) is 28.9 Å². The molecule has 1 fully saturated rings. The van der Waals surface area contributed by atoms with Crippen molar-refractivity contribution in [2.24, 2.45) is 0 Å². The first kappa shape index (κ1) is 13.0. The number of nitrogens with one attached hydrogen (secondary N) is 1. The summed E-state index contributed by atoms with van der Waals surface area (Å²) in [5.74, 6) is -1.30. The molecule has 1 spiro atoms. The number of H-pyrrole nitrogens is 1. The third-order valence-electron chi connectivity index (χ3n) is 3.16. The lowest BCUT2D eigenvalue weighted by molar-refractivity contribution is -0.176. The van der Waals surface area contributed by atoms with Crippen LogP contribution in [0.5, 0.6) is 0 Å². The largest absolute Gasteiger partial charge is 0.444 e. The topological polar surface area (TPSA) is 51.3 Å². The number of hydrogen-bond donors (Lipinski definition) is 1. The van der Waals surface area contributed by atoms with E-state index >= 15 is 0 Å². The summed E-state index contributed by atoms with van der Waals surface area (Å²) < 4.78 is 47.9. The van der Waals surface area contributed by atoms with Crippen molar-refractivity contribution in [1.82, 2.24) is 4.98 Å². The second-order valence-corrected chi connectivity index (χ2v) is 5.59. The van der Waals surface area contributed by atoms with Crippen molar-refractivity contribution in [3.05, 3.63) is 23.5 Å². The Labute approximate surface area is 110 Å². The number of Topliss-reactive ketones (excluding diaryl/α,β-unsaturated/α-hetero) is 1. The first-order chi connectivity index (χ1) is 8.90. The quantitative estimate of drug-likeness (QED) is 0.865. The molecule has 19 heavy (non-hydrogen) atoms. The molecule has 3 rings (SSSR count).